The molecular weight excluding hydrogens is 549 g/mol. The molecule has 2 aromatic rings. The lowest BCUT2D eigenvalue weighted by Gasteiger charge is -2.32. The van der Waals surface area contributed by atoms with Gasteiger partial charge in [-0.1, -0.05) is 27.7 Å². The fourth-order valence-corrected chi connectivity index (χ4v) is 7.72. The number of rotatable bonds is 13. The van der Waals surface area contributed by atoms with Crippen LogP contribution in [0.25, 0.3) is 10.8 Å². The van der Waals surface area contributed by atoms with Gasteiger partial charge in [0, 0.05) is 24.5 Å². The number of phenolic OH excluding ortho intramolecular Hbond substituents is 2. The van der Waals surface area contributed by atoms with Crippen molar-refractivity contribution in [1.29, 1.82) is 0 Å². The van der Waals surface area contributed by atoms with Crippen molar-refractivity contribution in [3.63, 3.8) is 0 Å². The van der Waals surface area contributed by atoms with Crippen molar-refractivity contribution in [2.45, 2.75) is 53.5 Å². The summed E-state index contributed by atoms with van der Waals surface area (Å²) in [4.78, 5) is 53.8. The number of carbonyl (C=O) groups excluding carboxylic acids is 4. The van der Waals surface area contributed by atoms with E-state index in [4.69, 9.17) is 4.52 Å². The van der Waals surface area contributed by atoms with Gasteiger partial charge in [0.2, 0.25) is 19.2 Å². The third kappa shape index (κ3) is 7.45. The zero-order valence-electron chi connectivity index (χ0n) is 24.4. The maximum Gasteiger partial charge on any atom is 0.262 e. The molecule has 4 N–H and O–H groups in total. The van der Waals surface area contributed by atoms with E-state index in [0.29, 0.717) is 18.2 Å². The molecule has 0 fully saturated rings. The number of phenols is 2. The Bertz CT molecular complexity index is 1330. The molecule has 0 saturated carbocycles. The second-order valence-corrected chi connectivity index (χ2v) is 13.8. The van der Waals surface area contributed by atoms with Crippen LogP contribution in [0.15, 0.2) is 24.3 Å². The van der Waals surface area contributed by atoms with Crippen molar-refractivity contribution >= 4 is 41.8 Å². The smallest absolute Gasteiger partial charge is 0.262 e. The maximum absolute atomic E-state index is 14.3. The van der Waals surface area contributed by atoms with E-state index < -0.39 is 43.3 Å². The molecule has 1 aliphatic rings. The second kappa shape index (κ2) is 13.0. The Balaban J connectivity index is 1.95. The summed E-state index contributed by atoms with van der Waals surface area (Å²) in [5.74, 6) is -3.49. The average molecular weight is 590 g/mol. The average Bonchev–Trinajstić information content (AvgIpc) is 2.87. The minimum Gasteiger partial charge on any atom is -0.508 e. The Kier molecular flexibility index (Phi) is 10.2. The molecule has 2 aromatic carbocycles. The monoisotopic (exact) mass is 589 g/mol. The number of nitrogens with one attached hydrogen (secondary N) is 2. The Labute approximate surface area is 240 Å². The lowest BCUT2D eigenvalue weighted by atomic mass is 9.93. The number of nitrogens with zero attached hydrogens (tertiary/aromatic N) is 1. The maximum atomic E-state index is 14.3. The summed E-state index contributed by atoms with van der Waals surface area (Å²) in [7, 11) is -2.36. The van der Waals surface area contributed by atoms with Gasteiger partial charge in [-0.05, 0) is 61.3 Å². The van der Waals surface area contributed by atoms with Crippen LogP contribution < -0.4 is 10.6 Å². The predicted molar refractivity (Wildman–Crippen MR) is 155 cm³/mol. The van der Waals surface area contributed by atoms with Crippen LogP contribution in [-0.2, 0) is 18.7 Å². The topological polar surface area (TPSA) is 162 Å². The van der Waals surface area contributed by atoms with Gasteiger partial charge >= 0.3 is 0 Å². The van der Waals surface area contributed by atoms with Crippen LogP contribution >= 0.6 is 7.37 Å². The molecule has 3 rings (SSSR count). The highest BCUT2D eigenvalue weighted by atomic mass is 31.2. The first-order valence-electron chi connectivity index (χ1n) is 13.8. The minimum absolute atomic E-state index is 0.00543. The predicted octanol–water partition coefficient (Wildman–Crippen LogP) is 4.06. The van der Waals surface area contributed by atoms with Crippen molar-refractivity contribution in [2.75, 3.05) is 26.1 Å². The van der Waals surface area contributed by atoms with Crippen LogP contribution in [0.2, 0.25) is 0 Å². The fourth-order valence-electron chi connectivity index (χ4n) is 5.27. The lowest BCUT2D eigenvalue weighted by Crippen LogP contribution is -2.49. The van der Waals surface area contributed by atoms with Crippen LogP contribution in [0.5, 0.6) is 11.5 Å². The number of likely N-dealkylation sites (N-methyl/N-ethyl adjacent to an activating group) is 1. The van der Waals surface area contributed by atoms with Gasteiger partial charge in [0.25, 0.3) is 11.8 Å². The Morgan fingerprint density at radius 1 is 0.927 bits per heavy atom. The summed E-state index contributed by atoms with van der Waals surface area (Å²) in [5.41, 5.74) is 0.0486. The molecule has 0 spiro atoms. The van der Waals surface area contributed by atoms with E-state index in [9.17, 15) is 34.0 Å². The molecule has 0 radical (unpaired) electrons. The van der Waals surface area contributed by atoms with E-state index in [1.165, 1.54) is 31.3 Å². The molecule has 4 amide bonds. The second-order valence-electron chi connectivity index (χ2n) is 11.3. The molecule has 2 unspecified atom stereocenters. The number of amides is 4. The molecule has 1 heterocycles. The first-order chi connectivity index (χ1) is 19.2. The van der Waals surface area contributed by atoms with Gasteiger partial charge in [0.15, 0.2) is 0 Å². The highest BCUT2D eigenvalue weighted by Gasteiger charge is 2.41. The van der Waals surface area contributed by atoms with E-state index in [-0.39, 0.29) is 58.5 Å². The zero-order valence-corrected chi connectivity index (χ0v) is 25.3. The summed E-state index contributed by atoms with van der Waals surface area (Å²) < 4.78 is 20.0. The highest BCUT2D eigenvalue weighted by molar-refractivity contribution is 7.59. The van der Waals surface area contributed by atoms with Crippen LogP contribution in [-0.4, -0.2) is 70.9 Å². The molecule has 3 atom stereocenters. The van der Waals surface area contributed by atoms with Gasteiger partial charge in [-0.15, -0.1) is 0 Å². The molecule has 0 saturated heterocycles. The highest BCUT2D eigenvalue weighted by Crippen LogP contribution is 2.51. The van der Waals surface area contributed by atoms with E-state index in [1.807, 2.05) is 27.7 Å². The van der Waals surface area contributed by atoms with Crippen LogP contribution in [0, 0.1) is 17.8 Å². The van der Waals surface area contributed by atoms with Crippen LogP contribution in [0.1, 0.15) is 68.2 Å². The number of benzene rings is 2. The number of aromatic hydroxyl groups is 2. The lowest BCUT2D eigenvalue weighted by molar-refractivity contribution is -0.131. The van der Waals surface area contributed by atoms with Crippen molar-refractivity contribution in [2.24, 2.45) is 17.8 Å². The largest absolute Gasteiger partial charge is 0.508 e. The van der Waals surface area contributed by atoms with E-state index in [0.717, 1.165) is 4.90 Å². The normalized spacial score (nSPS) is 16.1. The molecule has 1 aliphatic heterocycles. The van der Waals surface area contributed by atoms with Crippen molar-refractivity contribution in [1.82, 2.24) is 15.5 Å². The Hall–Kier alpha value is -3.43. The third-order valence-electron chi connectivity index (χ3n) is 6.90. The number of hydrogen-bond donors (Lipinski definition) is 4. The SMILES string of the molecule is CCOP(=O)(CC(CC(C)C)C(=O)N[C@@H](CC(C)C)C(=O)NC)CN1C(=O)c2cc(O)cc3cc(O)cc(c23)C1=O. The number of carbonyl (C=O) groups is 4. The molecule has 0 aromatic heterocycles. The van der Waals surface area contributed by atoms with Crippen molar-refractivity contribution in [3.05, 3.63) is 35.4 Å². The van der Waals surface area contributed by atoms with Gasteiger partial charge in [-0.2, -0.15) is 0 Å². The summed E-state index contributed by atoms with van der Waals surface area (Å²) in [6, 6.07) is 4.34. The van der Waals surface area contributed by atoms with Gasteiger partial charge in [0.05, 0.1) is 17.7 Å². The standard InChI is InChI=1S/C29H40N3O8P/c1-7-40-41(39,14-19(8-16(2)3)26(35)31-24(9-17(4)5)27(36)30-6)15-32-28(37)22-12-20(33)10-18-11-21(34)13-23(25(18)22)29(32)38/h10-13,16-17,19,24,33-34H,7-9,14-15H2,1-6H3,(H,30,36)(H,31,35)/t19?,24-,41?/m0/s1. The van der Waals surface area contributed by atoms with Crippen LogP contribution in [0.3, 0.4) is 0 Å². The third-order valence-corrected chi connectivity index (χ3v) is 9.34. The first kappa shape index (κ1) is 32.1. The molecule has 0 aliphatic carbocycles. The summed E-state index contributed by atoms with van der Waals surface area (Å²) in [6.07, 6.45) is -0.120. The van der Waals surface area contributed by atoms with E-state index >= 15 is 0 Å². The van der Waals surface area contributed by atoms with E-state index in [2.05, 4.69) is 10.6 Å². The fraction of sp³-hybridized carbons (Fsp3) is 0.517. The van der Waals surface area contributed by atoms with Crippen LogP contribution in [0.4, 0.5) is 0 Å². The minimum atomic E-state index is -3.84. The van der Waals surface area contributed by atoms with Gasteiger partial charge in [0.1, 0.15) is 23.8 Å². The zero-order chi connectivity index (χ0) is 30.6. The molecule has 12 heteroatoms. The van der Waals surface area contributed by atoms with E-state index in [1.54, 1.807) is 6.92 Å². The van der Waals surface area contributed by atoms with Gasteiger partial charge in [-0.3, -0.25) is 28.6 Å². The first-order valence-corrected chi connectivity index (χ1v) is 15.8. The molecule has 224 valence electrons. The Morgan fingerprint density at radius 2 is 1.46 bits per heavy atom. The molecule has 11 nitrogen and oxygen atoms in total. The quantitative estimate of drug-likeness (QED) is 0.201. The number of hydrogen-bond acceptors (Lipinski definition) is 8. The van der Waals surface area contributed by atoms with Gasteiger partial charge in [-0.25, -0.2) is 0 Å². The Morgan fingerprint density at radius 3 is 1.93 bits per heavy atom. The van der Waals surface area contributed by atoms with Crippen molar-refractivity contribution in [3.8, 4) is 11.5 Å². The molecule has 41 heavy (non-hydrogen) atoms. The molecular formula is C29H40N3O8P. The number of imide groups is 1. The summed E-state index contributed by atoms with van der Waals surface area (Å²) in [5, 5.41) is 26.3. The summed E-state index contributed by atoms with van der Waals surface area (Å²) >= 11 is 0. The molecule has 0 bridgehead atoms. The summed E-state index contributed by atoms with van der Waals surface area (Å²) in [6.45, 7) is 9.31. The van der Waals surface area contributed by atoms with Crippen molar-refractivity contribution < 1.29 is 38.5 Å². The van der Waals surface area contributed by atoms with Gasteiger partial charge < -0.3 is 25.4 Å².